The fraction of sp³-hybridized carbons (Fsp3) is 0.438. The van der Waals surface area contributed by atoms with E-state index in [9.17, 15) is 94.5 Å². The number of nitrogens with two attached hydrogens (primary N) is 3. The molecule has 16 rings (SSSR count). The Labute approximate surface area is 877 Å². The topological polar surface area (TPSA) is 752 Å². The van der Waals surface area contributed by atoms with Gasteiger partial charge in [-0.15, -0.1) is 11.8 Å². The summed E-state index contributed by atoms with van der Waals surface area (Å²) in [7, 11) is 1.46. The number of unbranched alkanes of at least 4 members (excludes halogenated alkanes) is 1. The first kappa shape index (κ1) is 112. The summed E-state index contributed by atoms with van der Waals surface area (Å²) in [6, 6.07) is 1.74. The van der Waals surface area contributed by atoms with E-state index in [1.54, 1.807) is 49.0 Å². The van der Waals surface area contributed by atoms with E-state index in [2.05, 4.69) is 68.6 Å². The molecule has 2 aromatic heterocycles. The smallest absolute Gasteiger partial charge is 0.352 e. The number of aliphatic carboxylic acids is 2. The molecule has 3 saturated heterocycles. The lowest BCUT2D eigenvalue weighted by Gasteiger charge is -2.49. The second-order valence-corrected chi connectivity index (χ2v) is 40.6. The Morgan fingerprint density at radius 1 is 0.720 bits per heavy atom. The summed E-state index contributed by atoms with van der Waals surface area (Å²) in [5.41, 5.74) is 12.7. The number of anilines is 1. The lowest BCUT2D eigenvalue weighted by Crippen LogP contribution is -2.71. The number of aliphatic hydroxyl groups excluding tert-OH is 6. The minimum Gasteiger partial charge on any atom is -0.507 e. The van der Waals surface area contributed by atoms with Crippen molar-refractivity contribution >= 4 is 146 Å². The Bertz CT molecular complexity index is 6410. The molecule has 11 amide bonds. The van der Waals surface area contributed by atoms with Crippen molar-refractivity contribution in [2.75, 3.05) is 51.4 Å². The van der Waals surface area contributed by atoms with E-state index in [0.29, 0.717) is 5.57 Å². The first-order valence-corrected chi connectivity index (χ1v) is 50.3. The van der Waals surface area contributed by atoms with Gasteiger partial charge in [-0.3, -0.25) is 57.6 Å². The van der Waals surface area contributed by atoms with E-state index < -0.39 is 301 Å². The molecule has 7 aromatic rings. The number of ether oxygens (including phenoxy) is 6. The van der Waals surface area contributed by atoms with Crippen LogP contribution in [-0.2, 0) is 94.5 Å². The van der Waals surface area contributed by atoms with Crippen LogP contribution in [0.15, 0.2) is 120 Å². The Morgan fingerprint density at radius 2 is 1.36 bits per heavy atom. The molecule has 28 N–H and O–H groups in total. The summed E-state index contributed by atoms with van der Waals surface area (Å²) in [5.74, 6) is -20.6. The highest BCUT2D eigenvalue weighted by Gasteiger charge is 2.57. The first-order chi connectivity index (χ1) is 71.3. The third-order valence-corrected chi connectivity index (χ3v) is 28.7. The number of phenols is 3. The summed E-state index contributed by atoms with van der Waals surface area (Å²) >= 11 is 22.8. The number of nitrogens with zero attached hydrogens (tertiary/aromatic N) is 4. The number of carboxylic acid groups (broad SMARTS) is 2. The molecule has 0 radical (unpaired) electrons. The second kappa shape index (κ2) is 48.7. The van der Waals surface area contributed by atoms with Crippen LogP contribution in [0.5, 0.6) is 46.0 Å². The lowest BCUT2D eigenvalue weighted by molar-refractivity contribution is -0.689. The average Bonchev–Trinajstić information content (AvgIpc) is 0.735. The van der Waals surface area contributed by atoms with Gasteiger partial charge in [-0.1, -0.05) is 89.4 Å². The number of amides is 11. The van der Waals surface area contributed by atoms with Gasteiger partial charge in [0.2, 0.25) is 65.2 Å². The molecule has 54 heteroatoms. The molecule has 20 atom stereocenters. The van der Waals surface area contributed by atoms with Crippen molar-refractivity contribution < 1.29 is 156 Å². The number of aromatic hydroxyl groups is 3. The van der Waals surface area contributed by atoms with Crippen LogP contribution in [0, 0.1) is 5.92 Å². The first-order valence-electron chi connectivity index (χ1n) is 47.3. The van der Waals surface area contributed by atoms with Gasteiger partial charge >= 0.3 is 11.9 Å². The van der Waals surface area contributed by atoms with Gasteiger partial charge in [0.05, 0.1) is 46.9 Å². The summed E-state index contributed by atoms with van der Waals surface area (Å²) < 4.78 is 40.4. The predicted octanol–water partition coefficient (Wildman–Crippen LogP) is 0.218. The highest BCUT2D eigenvalue weighted by molar-refractivity contribution is 8.00. The maximum atomic E-state index is 16.4. The van der Waals surface area contributed by atoms with Gasteiger partial charge in [0.25, 0.3) is 11.8 Å². The number of β-lactam (4-membered cyclic amide) rings is 1. The van der Waals surface area contributed by atoms with Crippen LogP contribution in [0.25, 0.3) is 11.1 Å². The van der Waals surface area contributed by atoms with Crippen molar-refractivity contribution in [1.82, 2.24) is 68.4 Å². The molecule has 0 spiro atoms. The molecular formula is C96H112Cl3N18O31S2+. The molecule has 9 aliphatic heterocycles. The molecule has 49 nitrogen and oxygen atoms in total. The molecule has 0 saturated carbocycles. The van der Waals surface area contributed by atoms with Gasteiger partial charge in [0.1, 0.15) is 123 Å². The monoisotopic (exact) mass is 2180 g/mol. The van der Waals surface area contributed by atoms with Crippen LogP contribution in [0.4, 0.5) is 5.13 Å². The third-order valence-electron chi connectivity index (χ3n) is 25.7. The number of likely N-dealkylation sites (N-methyl/N-ethyl adjacent to an activating group) is 1. The fourth-order valence-corrected chi connectivity index (χ4v) is 20.6. The zero-order chi connectivity index (χ0) is 108. The van der Waals surface area contributed by atoms with Gasteiger partial charge in [0.15, 0.2) is 59.7 Å². The van der Waals surface area contributed by atoms with Gasteiger partial charge in [0, 0.05) is 97.6 Å². The second-order valence-electron chi connectivity index (χ2n) is 37.0. The minimum atomic E-state index is -2.44. The Morgan fingerprint density at radius 3 is 1.97 bits per heavy atom. The molecule has 5 aromatic carbocycles. The van der Waals surface area contributed by atoms with E-state index >= 15 is 24.0 Å². The number of pyridine rings is 1. The molecule has 11 bridgehead atoms. The number of aliphatic hydroxyl groups is 6. The SMILES string of the molecule is CN[C@H](CC(C)C)C(=O)N[C@H]1C(=O)N[C@@H](CC(N)=O)C(=O)N[C@H]2C(=O)N[C@H]3C(=O)N[C@H](C(=O)N[C@H](C(=O)O)c4cc(O)c(CNCCNC(=O)CCCCC(=O)NCCCO/N=C(\C(=O)N[C@@H]5C(=O)N6C(C(=O)O)=C(C[n+]7ccccc7)CS[C@H]56)c5nc(N)sc5Cl)c(O)c4-c4cc3ccc4O)[C@H](O)c3ccc(c(Cl)c3)Oc3cc2cc(c3O[C@@H]2O[C@H](CO)[C@@H](O)[C@H](O)[C@H]2O[C@H]2C[C@](C)(N)[C@H](O)[C@H](C)O2)Oc2ccc(cc2Cl)[C@H]1O. The minimum absolute atomic E-state index is 0.00960. The van der Waals surface area contributed by atoms with E-state index in [-0.39, 0.29) is 133 Å². The van der Waals surface area contributed by atoms with Crippen molar-refractivity contribution in [3.8, 4) is 57.1 Å². The molecule has 150 heavy (non-hydrogen) atoms. The number of hydrogen-bond acceptors (Lipinski definition) is 37. The number of rotatable bonds is 34. The van der Waals surface area contributed by atoms with Gasteiger partial charge in [-0.25, -0.2) is 19.1 Å². The Balaban J connectivity index is 0.724. The maximum absolute atomic E-state index is 16.4. The van der Waals surface area contributed by atoms with Crippen molar-refractivity contribution in [3.05, 3.63) is 168 Å². The quantitative estimate of drug-likeness (QED) is 0.00843. The number of thiazole rings is 1. The average molecular weight is 2180 g/mol. The molecule has 0 aliphatic carbocycles. The van der Waals surface area contributed by atoms with Crippen LogP contribution in [0.2, 0.25) is 14.4 Å². The van der Waals surface area contributed by atoms with E-state index in [4.69, 9.17) is 85.3 Å². The fourth-order valence-electron chi connectivity index (χ4n) is 17.9. The van der Waals surface area contributed by atoms with Crippen LogP contribution >= 0.6 is 57.9 Å². The van der Waals surface area contributed by atoms with Gasteiger partial charge < -0.3 is 165 Å². The van der Waals surface area contributed by atoms with Crippen LogP contribution in [0.3, 0.4) is 0 Å². The lowest BCUT2D eigenvalue weighted by atomic mass is 9.86. The number of benzene rings is 5. The number of nitrogen functional groups attached to an aromatic ring is 1. The molecule has 804 valence electrons. The number of oxime groups is 1. The predicted molar refractivity (Wildman–Crippen MR) is 530 cm³/mol. The molecule has 0 unspecified atom stereocenters. The van der Waals surface area contributed by atoms with E-state index in [1.165, 1.54) is 38.7 Å². The maximum Gasteiger partial charge on any atom is 0.352 e. The number of fused-ring (bicyclic) bond motifs is 16. The van der Waals surface area contributed by atoms with E-state index in [0.717, 1.165) is 83.0 Å². The van der Waals surface area contributed by atoms with Crippen molar-refractivity contribution in [2.24, 2.45) is 22.5 Å². The summed E-state index contributed by atoms with van der Waals surface area (Å²) in [5, 5.41) is 159. The van der Waals surface area contributed by atoms with Crippen LogP contribution < -0.4 is 94.5 Å². The molecule has 3 fully saturated rings. The zero-order valence-corrected chi connectivity index (χ0v) is 84.6. The highest BCUT2D eigenvalue weighted by atomic mass is 35.5. The Kier molecular flexibility index (Phi) is 36.4. The molecular weight excluding hydrogens is 2070 g/mol. The normalized spacial score (nSPS) is 25.6. The third kappa shape index (κ3) is 25.7. The van der Waals surface area contributed by atoms with Crippen molar-refractivity contribution in [2.45, 2.75) is 213 Å². The summed E-state index contributed by atoms with van der Waals surface area (Å²) in [4.78, 5) is 197. The largest absolute Gasteiger partial charge is 0.507 e. The number of nitrogens with one attached hydrogen (secondary N) is 11. The number of phenolic OH excluding ortho intramolecular Hbond substituents is 3. The number of primary amides is 1. The van der Waals surface area contributed by atoms with Crippen molar-refractivity contribution in [1.29, 1.82) is 0 Å². The van der Waals surface area contributed by atoms with Crippen LogP contribution in [0.1, 0.15) is 148 Å². The van der Waals surface area contributed by atoms with Gasteiger partial charge in [-0.2, -0.15) is 0 Å². The standard InChI is InChI=1S/C96H111Cl3N18O31S2/c1-39(2)26-51(103-5)83(130)111-70-74(124)42-15-18-55(49(97)28-42)144-57-30-44-31-58(79(57)148-94-80(78(128)77(127)59(37-118)146-94)147-63-34-96(4,102)81(129)40(3)143-63)145-56-19-16-43(29-50(56)98)75(125)71-89(136)110-67(92(138)139)47-32-54(120)48(76(126)64(47)46-27-41(14-17-53(46)119)65(85(132)112-71)109-86(133)66(44)108-84(131)52(33-60(100)121)107-88(70)135)35-104-21-22-106-62(123)13-8-7-12-61(122)105-20-11-25-142-115-69(68-82(99)150-95(101)114-68)87(134)113-72-90(137)117-73(93(140)141)45(38-149-91(72)117)36-116-23-9-6-10-24-116/h6,9-10,14-19,23-24,27-32,39-40,51-52,59,63,65-67,70-72,74-75,77-78,80-81,91,94,103-104,118,124-125,127-129H,7-8,11-13,20-22,25-26,33-38,102H2,1-5H3,(H17-,100,101,105,106,107,108,109,110,111,112,113,114,115,119,120,121,122,123,126,130,131,132,133,134,135,136,138,139,140,141)/p+1/t40-,51+,52-,59+,63-,65+,66+,67-,70+,71-,72+,74+,75+,77+,78-,80+,81+,91+,94-,96-/m0/s1. The molecule has 11 heterocycles. The number of halogens is 3. The van der Waals surface area contributed by atoms with Crippen LogP contribution in [-0.4, -0.2) is 285 Å². The zero-order valence-electron chi connectivity index (χ0n) is 80.7. The number of aromatic nitrogens is 2. The number of carbonyl (C=O) groups is 13. The highest BCUT2D eigenvalue weighted by Crippen LogP contribution is 2.52. The van der Waals surface area contributed by atoms with Crippen molar-refractivity contribution in [3.63, 3.8) is 0 Å². The number of hydrogen-bond donors (Lipinski definition) is 25. The number of carbonyl (C=O) groups excluding carboxylic acids is 11. The number of carboxylic acids is 2. The summed E-state index contributed by atoms with van der Waals surface area (Å²) in [6.07, 6.45) is -15.1. The number of thioether (sulfide) groups is 1. The Hall–Kier alpha value is -13.5. The van der Waals surface area contributed by atoms with E-state index in [1.807, 2.05) is 0 Å². The van der Waals surface area contributed by atoms with Gasteiger partial charge in [-0.05, 0) is 123 Å². The summed E-state index contributed by atoms with van der Waals surface area (Å²) in [6.45, 7) is 4.96. The molecule has 9 aliphatic rings.